The second-order valence-corrected chi connectivity index (χ2v) is 5.48. The molecule has 2 heterocycles. The molecule has 5 nitrogen and oxygen atoms in total. The molecule has 1 saturated heterocycles. The van der Waals surface area contributed by atoms with Gasteiger partial charge in [-0.1, -0.05) is 0 Å². The number of rotatable bonds is 4. The number of amides is 1. The van der Waals surface area contributed by atoms with Crippen molar-refractivity contribution in [1.29, 1.82) is 0 Å². The fourth-order valence-electron chi connectivity index (χ4n) is 2.32. The van der Waals surface area contributed by atoms with Gasteiger partial charge in [0.2, 0.25) is 0 Å². The number of carbonyl (C=O) groups is 1. The van der Waals surface area contributed by atoms with Crippen LogP contribution in [0.5, 0.6) is 0 Å². The minimum atomic E-state index is -0.187. The number of nitrogens with zero attached hydrogens (tertiary/aromatic N) is 2. The maximum absolute atomic E-state index is 11.6. The van der Waals surface area contributed by atoms with Crippen LogP contribution in [0.1, 0.15) is 38.4 Å². The van der Waals surface area contributed by atoms with Crippen LogP contribution in [0.15, 0.2) is 10.9 Å². The topological polar surface area (TPSA) is 54.5 Å². The van der Waals surface area contributed by atoms with Gasteiger partial charge >= 0.3 is 6.09 Å². The second-order valence-electron chi connectivity index (χ2n) is 4.76. The lowest BCUT2D eigenvalue weighted by molar-refractivity contribution is 0.0943. The number of piperidine rings is 1. The van der Waals surface area contributed by atoms with E-state index < -0.39 is 0 Å². The normalized spacial score (nSPS) is 18.3. The Morgan fingerprint density at radius 2 is 2.37 bits per heavy atom. The molecule has 2 rings (SSSR count). The van der Waals surface area contributed by atoms with E-state index in [0.717, 1.165) is 31.6 Å². The van der Waals surface area contributed by atoms with Gasteiger partial charge in [0.25, 0.3) is 0 Å². The predicted molar refractivity (Wildman–Crippen MR) is 75.3 cm³/mol. The number of carbonyl (C=O) groups excluding carboxylic acids is 1. The van der Waals surface area contributed by atoms with Crippen LogP contribution in [0.2, 0.25) is 0 Å². The molecule has 0 saturated carbocycles. The monoisotopic (exact) mass is 283 g/mol. The molecule has 1 fully saturated rings. The van der Waals surface area contributed by atoms with Crippen molar-refractivity contribution >= 4 is 17.4 Å². The highest BCUT2D eigenvalue weighted by Gasteiger charge is 2.24. The molecule has 0 bridgehead atoms. The molecule has 1 aliphatic heterocycles. The standard InChI is InChI=1S/C13H21N3O2S/c1-3-18-13(17)16-6-4-11(5-7-16)15-10(2)12-8-19-9-14-12/h8-11,15H,3-7H2,1-2H3. The van der Waals surface area contributed by atoms with Crippen LogP contribution in [-0.2, 0) is 4.74 Å². The zero-order chi connectivity index (χ0) is 13.7. The van der Waals surface area contributed by atoms with Gasteiger partial charge in [-0.2, -0.15) is 0 Å². The number of ether oxygens (including phenoxy) is 1. The van der Waals surface area contributed by atoms with Gasteiger partial charge in [-0.3, -0.25) is 0 Å². The van der Waals surface area contributed by atoms with Gasteiger partial charge in [-0.15, -0.1) is 11.3 Å². The van der Waals surface area contributed by atoms with Gasteiger partial charge in [0.15, 0.2) is 0 Å². The average Bonchev–Trinajstić information content (AvgIpc) is 2.94. The first kappa shape index (κ1) is 14.3. The van der Waals surface area contributed by atoms with E-state index in [-0.39, 0.29) is 12.1 Å². The van der Waals surface area contributed by atoms with Crippen molar-refractivity contribution in [2.24, 2.45) is 0 Å². The summed E-state index contributed by atoms with van der Waals surface area (Å²) in [5.41, 5.74) is 2.95. The lowest BCUT2D eigenvalue weighted by Crippen LogP contribution is -2.45. The Labute approximate surface area is 118 Å². The molecular weight excluding hydrogens is 262 g/mol. The lowest BCUT2D eigenvalue weighted by atomic mass is 10.0. The Balaban J connectivity index is 1.76. The first-order valence-electron chi connectivity index (χ1n) is 6.76. The molecule has 1 atom stereocenters. The van der Waals surface area contributed by atoms with Crippen molar-refractivity contribution in [2.75, 3.05) is 19.7 Å². The van der Waals surface area contributed by atoms with E-state index in [1.165, 1.54) is 0 Å². The Morgan fingerprint density at radius 1 is 1.63 bits per heavy atom. The van der Waals surface area contributed by atoms with Gasteiger partial charge in [-0.25, -0.2) is 9.78 Å². The van der Waals surface area contributed by atoms with E-state index in [2.05, 4.69) is 22.6 Å². The van der Waals surface area contributed by atoms with Gasteiger partial charge in [0.1, 0.15) is 0 Å². The molecular formula is C13H21N3O2S. The van der Waals surface area contributed by atoms with Crippen molar-refractivity contribution in [3.63, 3.8) is 0 Å². The first-order chi connectivity index (χ1) is 9.20. The summed E-state index contributed by atoms with van der Waals surface area (Å²) in [6, 6.07) is 0.716. The molecule has 1 amide bonds. The van der Waals surface area contributed by atoms with Crippen LogP contribution in [0.3, 0.4) is 0 Å². The summed E-state index contributed by atoms with van der Waals surface area (Å²) in [5, 5.41) is 5.65. The highest BCUT2D eigenvalue weighted by atomic mass is 32.1. The summed E-state index contributed by atoms with van der Waals surface area (Å²) in [7, 11) is 0. The minimum Gasteiger partial charge on any atom is -0.450 e. The van der Waals surface area contributed by atoms with Gasteiger partial charge < -0.3 is 15.0 Å². The number of hydrogen-bond donors (Lipinski definition) is 1. The SMILES string of the molecule is CCOC(=O)N1CCC(NC(C)c2cscn2)CC1. The number of nitrogens with one attached hydrogen (secondary N) is 1. The highest BCUT2D eigenvalue weighted by Crippen LogP contribution is 2.17. The van der Waals surface area contributed by atoms with E-state index in [0.29, 0.717) is 12.6 Å². The molecule has 6 heteroatoms. The molecule has 0 aliphatic carbocycles. The van der Waals surface area contributed by atoms with Crippen LogP contribution < -0.4 is 5.32 Å². The van der Waals surface area contributed by atoms with E-state index >= 15 is 0 Å². The van der Waals surface area contributed by atoms with E-state index in [9.17, 15) is 4.79 Å². The van der Waals surface area contributed by atoms with E-state index in [1.807, 2.05) is 12.4 Å². The molecule has 1 aliphatic rings. The van der Waals surface area contributed by atoms with Crippen LogP contribution in [0, 0.1) is 0 Å². The third-order valence-electron chi connectivity index (χ3n) is 3.40. The zero-order valence-corrected chi connectivity index (χ0v) is 12.3. The molecule has 1 aromatic rings. The largest absolute Gasteiger partial charge is 0.450 e. The lowest BCUT2D eigenvalue weighted by Gasteiger charge is -2.33. The summed E-state index contributed by atoms with van der Waals surface area (Å²) in [6.45, 7) is 5.94. The Bertz CT molecular complexity index is 389. The quantitative estimate of drug-likeness (QED) is 0.922. The summed E-state index contributed by atoms with van der Waals surface area (Å²) in [5.74, 6) is 0. The number of hydrogen-bond acceptors (Lipinski definition) is 5. The van der Waals surface area contributed by atoms with Crippen molar-refractivity contribution in [3.05, 3.63) is 16.6 Å². The molecule has 1 aromatic heterocycles. The summed E-state index contributed by atoms with van der Waals surface area (Å²) < 4.78 is 5.01. The highest BCUT2D eigenvalue weighted by molar-refractivity contribution is 7.07. The number of thiazole rings is 1. The van der Waals surface area contributed by atoms with Crippen molar-refractivity contribution in [3.8, 4) is 0 Å². The Hall–Kier alpha value is -1.14. The molecule has 0 spiro atoms. The zero-order valence-electron chi connectivity index (χ0n) is 11.5. The first-order valence-corrected chi connectivity index (χ1v) is 7.70. The maximum atomic E-state index is 11.6. The van der Waals surface area contributed by atoms with E-state index in [1.54, 1.807) is 16.2 Å². The molecule has 0 aromatic carbocycles. The second kappa shape index (κ2) is 6.86. The van der Waals surface area contributed by atoms with Gasteiger partial charge in [0.05, 0.1) is 17.8 Å². The molecule has 0 radical (unpaired) electrons. The van der Waals surface area contributed by atoms with Crippen molar-refractivity contribution < 1.29 is 9.53 Å². The smallest absolute Gasteiger partial charge is 0.409 e. The number of aromatic nitrogens is 1. The predicted octanol–water partition coefficient (Wildman–Crippen LogP) is 2.41. The fraction of sp³-hybridized carbons (Fsp3) is 0.692. The molecule has 19 heavy (non-hydrogen) atoms. The van der Waals surface area contributed by atoms with Crippen LogP contribution >= 0.6 is 11.3 Å². The summed E-state index contributed by atoms with van der Waals surface area (Å²) >= 11 is 1.62. The van der Waals surface area contributed by atoms with Crippen molar-refractivity contribution in [1.82, 2.24) is 15.2 Å². The van der Waals surface area contributed by atoms with Gasteiger partial charge in [0, 0.05) is 30.6 Å². The molecule has 106 valence electrons. The van der Waals surface area contributed by atoms with Crippen molar-refractivity contribution in [2.45, 2.75) is 38.8 Å². The summed E-state index contributed by atoms with van der Waals surface area (Å²) in [4.78, 5) is 17.7. The minimum absolute atomic E-state index is 0.187. The average molecular weight is 283 g/mol. The molecule has 1 N–H and O–H groups in total. The Kier molecular flexibility index (Phi) is 5.15. The van der Waals surface area contributed by atoms with Gasteiger partial charge in [-0.05, 0) is 26.7 Å². The van der Waals surface area contributed by atoms with E-state index in [4.69, 9.17) is 4.74 Å². The van der Waals surface area contributed by atoms with Crippen LogP contribution in [-0.4, -0.2) is 41.7 Å². The number of likely N-dealkylation sites (tertiary alicyclic amines) is 1. The van der Waals surface area contributed by atoms with Crippen LogP contribution in [0.25, 0.3) is 0 Å². The fourth-order valence-corrected chi connectivity index (χ4v) is 2.97. The Morgan fingerprint density at radius 3 is 2.95 bits per heavy atom. The van der Waals surface area contributed by atoms with Crippen LogP contribution in [0.4, 0.5) is 4.79 Å². The summed E-state index contributed by atoms with van der Waals surface area (Å²) in [6.07, 6.45) is 1.74. The third-order valence-corrected chi connectivity index (χ3v) is 4.01. The third kappa shape index (κ3) is 3.91. The maximum Gasteiger partial charge on any atom is 0.409 e. The molecule has 1 unspecified atom stereocenters.